The number of amides is 1. The fourth-order valence-electron chi connectivity index (χ4n) is 3.62. The van der Waals surface area contributed by atoms with Gasteiger partial charge in [0.2, 0.25) is 5.91 Å². The highest BCUT2D eigenvalue weighted by molar-refractivity contribution is 7.99. The number of anilines is 1. The van der Waals surface area contributed by atoms with Crippen LogP contribution in [-0.2, 0) is 11.3 Å². The average molecular weight is 451 g/mol. The zero-order valence-corrected chi connectivity index (χ0v) is 18.7. The topological polar surface area (TPSA) is 88.5 Å². The second-order valence-corrected chi connectivity index (χ2v) is 8.65. The Hall–Kier alpha value is -3.38. The lowest BCUT2D eigenvalue weighted by Gasteiger charge is -2.13. The first-order chi connectivity index (χ1) is 15.4. The molecular formula is C23H23FN6OS. The predicted molar refractivity (Wildman–Crippen MR) is 121 cm³/mol. The first kappa shape index (κ1) is 21.8. The van der Waals surface area contributed by atoms with Crippen LogP contribution in [0.2, 0.25) is 0 Å². The summed E-state index contributed by atoms with van der Waals surface area (Å²) < 4.78 is 17.2. The highest BCUT2D eigenvalue weighted by atomic mass is 32.2. The summed E-state index contributed by atoms with van der Waals surface area (Å²) in [4.78, 5) is 12.8. The number of aromatic nitrogens is 4. The molecule has 0 aliphatic heterocycles. The van der Waals surface area contributed by atoms with E-state index in [0.717, 1.165) is 29.9 Å². The molecule has 1 amide bonds. The number of rotatable bonds is 8. The minimum atomic E-state index is -0.355. The average Bonchev–Trinajstić information content (AvgIpc) is 3.50. The molecule has 1 aliphatic carbocycles. The van der Waals surface area contributed by atoms with Gasteiger partial charge in [-0.25, -0.2) is 4.39 Å². The predicted octanol–water partition coefficient (Wildman–Crippen LogP) is 4.49. The molecule has 0 unspecified atom stereocenters. The molecule has 1 aromatic carbocycles. The van der Waals surface area contributed by atoms with Crippen molar-refractivity contribution in [1.29, 1.82) is 5.26 Å². The fourth-order valence-corrected chi connectivity index (χ4v) is 4.38. The van der Waals surface area contributed by atoms with Crippen molar-refractivity contribution in [2.45, 2.75) is 44.3 Å². The number of carbonyl (C=O) groups is 1. The monoisotopic (exact) mass is 450 g/mol. The second-order valence-electron chi connectivity index (χ2n) is 7.71. The third-order valence-corrected chi connectivity index (χ3v) is 6.47. The molecule has 2 aromatic heterocycles. The van der Waals surface area contributed by atoms with Crippen LogP contribution in [0.5, 0.6) is 0 Å². The Morgan fingerprint density at radius 2 is 2.06 bits per heavy atom. The van der Waals surface area contributed by atoms with Crippen LogP contribution in [-0.4, -0.2) is 31.0 Å². The molecule has 0 bridgehead atoms. The molecule has 0 saturated heterocycles. The van der Waals surface area contributed by atoms with Crippen molar-refractivity contribution in [2.75, 3.05) is 11.1 Å². The number of halogens is 1. The van der Waals surface area contributed by atoms with Crippen LogP contribution < -0.4 is 5.32 Å². The maximum atomic E-state index is 13.4. The number of hydrogen-bond donors (Lipinski definition) is 1. The van der Waals surface area contributed by atoms with Crippen LogP contribution in [0.1, 0.15) is 41.4 Å². The van der Waals surface area contributed by atoms with E-state index in [1.807, 2.05) is 18.4 Å². The van der Waals surface area contributed by atoms with E-state index >= 15 is 0 Å². The number of nitrogens with one attached hydrogen (secondary N) is 1. The first-order valence-electron chi connectivity index (χ1n) is 10.3. The summed E-state index contributed by atoms with van der Waals surface area (Å²) in [7, 11) is 0. The molecule has 0 radical (unpaired) electrons. The fraction of sp³-hybridized carbons (Fsp3) is 0.304. The summed E-state index contributed by atoms with van der Waals surface area (Å²) in [6, 6.07) is 8.11. The summed E-state index contributed by atoms with van der Waals surface area (Å²) in [5.74, 6) is 1.24. The van der Waals surface area contributed by atoms with Gasteiger partial charge in [-0.3, -0.25) is 9.36 Å². The SMILES string of the molecule is C=CCn1c(SCC(=O)Nc2c(C#N)c(C)c(C)n2-c2ccc(F)cc2)nnc1C1CC1. The van der Waals surface area contributed by atoms with Gasteiger partial charge in [-0.2, -0.15) is 5.26 Å². The van der Waals surface area contributed by atoms with E-state index in [-0.39, 0.29) is 17.5 Å². The number of carbonyl (C=O) groups excluding carboxylic acids is 1. The minimum Gasteiger partial charge on any atom is -0.310 e. The van der Waals surface area contributed by atoms with E-state index in [9.17, 15) is 14.4 Å². The molecule has 4 rings (SSSR count). The van der Waals surface area contributed by atoms with Gasteiger partial charge in [-0.1, -0.05) is 17.8 Å². The Morgan fingerprint density at radius 1 is 1.34 bits per heavy atom. The van der Waals surface area contributed by atoms with Gasteiger partial charge in [0, 0.05) is 23.8 Å². The van der Waals surface area contributed by atoms with Crippen LogP contribution >= 0.6 is 11.8 Å². The number of nitriles is 1. The number of allylic oxidation sites excluding steroid dienone is 1. The maximum Gasteiger partial charge on any atom is 0.236 e. The van der Waals surface area contributed by atoms with Crippen LogP contribution in [0, 0.1) is 31.0 Å². The Balaban J connectivity index is 1.56. The summed E-state index contributed by atoms with van der Waals surface area (Å²) in [5.41, 5.74) is 2.61. The van der Waals surface area contributed by atoms with E-state index in [0.29, 0.717) is 34.7 Å². The Labute approximate surface area is 190 Å². The van der Waals surface area contributed by atoms with Crippen molar-refractivity contribution in [2.24, 2.45) is 0 Å². The van der Waals surface area contributed by atoms with Crippen molar-refractivity contribution in [3.63, 3.8) is 0 Å². The summed E-state index contributed by atoms with van der Waals surface area (Å²) >= 11 is 1.30. The Morgan fingerprint density at radius 3 is 2.69 bits per heavy atom. The molecule has 1 N–H and O–H groups in total. The molecule has 0 atom stereocenters. The Kier molecular flexibility index (Phi) is 6.15. The van der Waals surface area contributed by atoms with Crippen LogP contribution in [0.15, 0.2) is 42.1 Å². The van der Waals surface area contributed by atoms with Gasteiger partial charge in [0.1, 0.15) is 23.5 Å². The third kappa shape index (κ3) is 4.18. The normalized spacial score (nSPS) is 13.1. The van der Waals surface area contributed by atoms with Gasteiger partial charge in [0.25, 0.3) is 0 Å². The van der Waals surface area contributed by atoms with Crippen LogP contribution in [0.25, 0.3) is 5.69 Å². The van der Waals surface area contributed by atoms with E-state index < -0.39 is 0 Å². The highest BCUT2D eigenvalue weighted by Crippen LogP contribution is 2.40. The van der Waals surface area contributed by atoms with E-state index in [1.54, 1.807) is 22.8 Å². The van der Waals surface area contributed by atoms with Gasteiger partial charge in [-0.05, 0) is 56.5 Å². The number of thioether (sulfide) groups is 1. The van der Waals surface area contributed by atoms with Crippen molar-refractivity contribution in [3.8, 4) is 11.8 Å². The van der Waals surface area contributed by atoms with E-state index in [1.165, 1.54) is 23.9 Å². The third-order valence-electron chi connectivity index (χ3n) is 5.50. The minimum absolute atomic E-state index is 0.109. The largest absolute Gasteiger partial charge is 0.310 e. The van der Waals surface area contributed by atoms with E-state index in [2.05, 4.69) is 28.2 Å². The molecule has 9 heteroatoms. The van der Waals surface area contributed by atoms with Gasteiger partial charge in [0.15, 0.2) is 5.16 Å². The molecule has 1 fully saturated rings. The molecule has 7 nitrogen and oxygen atoms in total. The van der Waals surface area contributed by atoms with Gasteiger partial charge >= 0.3 is 0 Å². The molecule has 32 heavy (non-hydrogen) atoms. The quantitative estimate of drug-likeness (QED) is 0.403. The molecular weight excluding hydrogens is 427 g/mol. The van der Waals surface area contributed by atoms with Crippen LogP contribution in [0.4, 0.5) is 10.2 Å². The van der Waals surface area contributed by atoms with Crippen molar-refractivity contribution >= 4 is 23.5 Å². The lowest BCUT2D eigenvalue weighted by atomic mass is 10.2. The lowest BCUT2D eigenvalue weighted by molar-refractivity contribution is -0.113. The lowest BCUT2D eigenvalue weighted by Crippen LogP contribution is -2.18. The molecule has 3 aromatic rings. The number of benzene rings is 1. The van der Waals surface area contributed by atoms with Gasteiger partial charge < -0.3 is 9.88 Å². The maximum absolute atomic E-state index is 13.4. The molecule has 2 heterocycles. The molecule has 164 valence electrons. The summed E-state index contributed by atoms with van der Waals surface area (Å²) in [5, 5.41) is 21.8. The second kappa shape index (κ2) is 9.01. The van der Waals surface area contributed by atoms with Gasteiger partial charge in [-0.15, -0.1) is 16.8 Å². The van der Waals surface area contributed by atoms with Crippen molar-refractivity contribution in [1.82, 2.24) is 19.3 Å². The summed E-state index contributed by atoms with van der Waals surface area (Å²) in [6.45, 7) is 8.08. The zero-order chi connectivity index (χ0) is 22.8. The molecule has 0 spiro atoms. The van der Waals surface area contributed by atoms with E-state index in [4.69, 9.17) is 0 Å². The molecule has 1 aliphatic rings. The smallest absolute Gasteiger partial charge is 0.236 e. The van der Waals surface area contributed by atoms with Gasteiger partial charge in [0.05, 0.1) is 11.3 Å². The summed E-state index contributed by atoms with van der Waals surface area (Å²) in [6.07, 6.45) is 4.01. The highest BCUT2D eigenvalue weighted by Gasteiger charge is 2.30. The van der Waals surface area contributed by atoms with Crippen molar-refractivity contribution < 1.29 is 9.18 Å². The standard InChI is InChI=1S/C23H23FN6OS/c1-4-11-29-21(16-5-6-16)27-28-23(29)32-13-20(31)26-22-19(12-25)14(2)15(3)30(22)18-9-7-17(24)8-10-18/h4,7-10,16H,1,5-6,11,13H2,2-3H3,(H,26,31). The van der Waals surface area contributed by atoms with Crippen LogP contribution in [0.3, 0.4) is 0 Å². The zero-order valence-electron chi connectivity index (χ0n) is 17.9. The number of hydrogen-bond acceptors (Lipinski definition) is 5. The first-order valence-corrected chi connectivity index (χ1v) is 11.3. The van der Waals surface area contributed by atoms with Crippen molar-refractivity contribution in [3.05, 3.63) is 65.4 Å². The molecule has 1 saturated carbocycles. The number of nitrogens with zero attached hydrogens (tertiary/aromatic N) is 5. The Bertz CT molecular complexity index is 1220.